The van der Waals surface area contributed by atoms with Crippen LogP contribution in [0, 0.1) is 47.9 Å². The molecule has 206 valence electrons. The molecule has 0 aromatic heterocycles. The molecular weight excluding hydrogens is 452 g/mol. The van der Waals surface area contributed by atoms with Gasteiger partial charge in [-0.2, -0.15) is 0 Å². The molecular formula is C33H54N4. The average Bonchev–Trinajstić information content (AvgIpc) is 2.85. The summed E-state index contributed by atoms with van der Waals surface area (Å²) >= 11 is 0. The number of nitrogens with one attached hydrogen (secondary N) is 2. The second-order valence-corrected chi connectivity index (χ2v) is 10.6. The van der Waals surface area contributed by atoms with Crippen molar-refractivity contribution in [2.75, 3.05) is 13.1 Å². The summed E-state index contributed by atoms with van der Waals surface area (Å²) in [7, 11) is 0. The van der Waals surface area contributed by atoms with Crippen molar-refractivity contribution in [1.82, 2.24) is 10.6 Å². The van der Waals surface area contributed by atoms with Crippen molar-refractivity contribution in [3.05, 3.63) is 70.8 Å². The molecule has 4 heteroatoms. The van der Waals surface area contributed by atoms with Crippen LogP contribution in [0.3, 0.4) is 0 Å². The summed E-state index contributed by atoms with van der Waals surface area (Å²) in [6, 6.07) is 16.8. The van der Waals surface area contributed by atoms with Crippen molar-refractivity contribution in [3.63, 3.8) is 0 Å². The number of hydrogen-bond acceptors (Lipinski definition) is 4. The Kier molecular flexibility index (Phi) is 13.3. The lowest BCUT2D eigenvalue weighted by Gasteiger charge is -2.20. The van der Waals surface area contributed by atoms with Crippen LogP contribution in [-0.2, 0) is 10.8 Å². The van der Waals surface area contributed by atoms with Crippen molar-refractivity contribution in [2.24, 2.45) is 11.5 Å². The van der Waals surface area contributed by atoms with Gasteiger partial charge in [-0.05, 0) is 63.7 Å². The van der Waals surface area contributed by atoms with Crippen LogP contribution in [0.4, 0.5) is 0 Å². The predicted molar refractivity (Wildman–Crippen MR) is 171 cm³/mol. The van der Waals surface area contributed by atoms with Crippen molar-refractivity contribution in [1.29, 1.82) is 0 Å². The molecule has 0 aliphatic heterocycles. The van der Waals surface area contributed by atoms with E-state index in [1.54, 1.807) is 0 Å². The van der Waals surface area contributed by atoms with E-state index in [2.05, 4.69) is 130 Å². The van der Waals surface area contributed by atoms with Gasteiger partial charge in [-0.1, -0.05) is 102 Å². The van der Waals surface area contributed by atoms with E-state index in [0.29, 0.717) is 13.1 Å². The Morgan fingerprint density at radius 1 is 0.703 bits per heavy atom. The molecule has 0 amide bonds. The first-order chi connectivity index (χ1) is 17.4. The first-order valence-electron chi connectivity index (χ1n) is 12.4. The highest BCUT2D eigenvalue weighted by molar-refractivity contribution is 5.34. The molecule has 2 unspecified atom stereocenters. The number of benzene rings is 2. The van der Waals surface area contributed by atoms with E-state index in [4.69, 9.17) is 17.9 Å². The summed E-state index contributed by atoms with van der Waals surface area (Å²) in [5.41, 5.74) is 17.1. The number of nitrogens with two attached hydrogens (primary N) is 2. The van der Waals surface area contributed by atoms with E-state index in [1.165, 1.54) is 11.1 Å². The molecule has 0 heterocycles. The Labute approximate surface area is 234 Å². The fourth-order valence-electron chi connectivity index (χ4n) is 3.18. The molecule has 4 nitrogen and oxygen atoms in total. The van der Waals surface area contributed by atoms with Crippen molar-refractivity contribution < 1.29 is 8.56 Å². The van der Waals surface area contributed by atoms with E-state index >= 15 is 0 Å². The minimum absolute atomic E-state index is 0. The maximum atomic E-state index is 6.05. The zero-order chi connectivity index (χ0) is 27.9. The Bertz CT molecular complexity index is 1210. The van der Waals surface area contributed by atoms with E-state index < -0.39 is 0 Å². The fourth-order valence-corrected chi connectivity index (χ4v) is 3.18. The lowest BCUT2D eigenvalue weighted by Crippen LogP contribution is -2.29. The van der Waals surface area contributed by atoms with Gasteiger partial charge in [-0.15, -0.1) is 12.3 Å². The standard InChI is InChI=1S/C18H20N2.C15H22N2.6H2/c1-5-6-7-8-9-14-20-17(19)15-10-12-16(13-11-15)18(2,3)4;1-5-6-11-17-14(16)12-7-9-13(10-8-12)15(2,3)4;;;;;;/h1,10-13,17,20H,14,19H2,2-4H3;7-10,14,17H,11,16H2,1-4H3;6*1H. The smallest absolute Gasteiger partial charge is 0.0817 e. The quantitative estimate of drug-likeness (QED) is 0.278. The summed E-state index contributed by atoms with van der Waals surface area (Å²) < 4.78 is 0. The Morgan fingerprint density at radius 3 is 1.46 bits per heavy atom. The van der Waals surface area contributed by atoms with Gasteiger partial charge in [0.2, 0.25) is 0 Å². The SMILES string of the molecule is C#CC#CC#CCNC(N)c1ccc(C(C)(C)C)cc1.CC#CCNC(N)c1ccc(C(C)(C)C)cc1.[HH].[HH].[HH].[HH].[HH].[HH]. The normalized spacial score (nSPS) is 12.0. The molecule has 0 bridgehead atoms. The van der Waals surface area contributed by atoms with Crippen LogP contribution >= 0.6 is 0 Å². The van der Waals surface area contributed by atoms with Gasteiger partial charge in [0, 0.05) is 8.56 Å². The monoisotopic (exact) mass is 506 g/mol. The Morgan fingerprint density at radius 2 is 1.11 bits per heavy atom. The van der Waals surface area contributed by atoms with Gasteiger partial charge in [-0.3, -0.25) is 10.6 Å². The fraction of sp³-hybridized carbons (Fsp3) is 0.394. The molecule has 6 N–H and O–H groups in total. The van der Waals surface area contributed by atoms with E-state index in [0.717, 1.165) is 11.1 Å². The summed E-state index contributed by atoms with van der Waals surface area (Å²) in [4.78, 5) is 0. The van der Waals surface area contributed by atoms with Crippen molar-refractivity contribution in [2.45, 2.75) is 71.6 Å². The van der Waals surface area contributed by atoms with Gasteiger partial charge in [0.15, 0.2) is 0 Å². The molecule has 2 atom stereocenters. The molecule has 0 radical (unpaired) electrons. The highest BCUT2D eigenvalue weighted by atomic mass is 15.0. The van der Waals surface area contributed by atoms with Crippen LogP contribution in [-0.4, -0.2) is 13.1 Å². The third-order valence-corrected chi connectivity index (χ3v) is 5.55. The summed E-state index contributed by atoms with van der Waals surface area (Å²) in [5.74, 6) is 18.5. The molecule has 2 aromatic rings. The molecule has 0 saturated heterocycles. The molecule has 0 aliphatic carbocycles. The van der Waals surface area contributed by atoms with Crippen LogP contribution in [0.5, 0.6) is 0 Å². The average molecular weight is 507 g/mol. The highest BCUT2D eigenvalue weighted by Gasteiger charge is 2.14. The Hall–Kier alpha value is -3.48. The molecule has 0 aliphatic rings. The lowest BCUT2D eigenvalue weighted by atomic mass is 9.86. The molecule has 0 saturated carbocycles. The maximum absolute atomic E-state index is 6.05. The summed E-state index contributed by atoms with van der Waals surface area (Å²) in [6.07, 6.45) is 4.60. The first kappa shape index (κ1) is 31.5. The van der Waals surface area contributed by atoms with Gasteiger partial charge >= 0.3 is 0 Å². The molecule has 2 aromatic carbocycles. The molecule has 2 rings (SSSR count). The van der Waals surface area contributed by atoms with E-state index in [9.17, 15) is 0 Å². The second-order valence-electron chi connectivity index (χ2n) is 10.6. The van der Waals surface area contributed by atoms with Crippen LogP contribution in [0.15, 0.2) is 48.5 Å². The van der Waals surface area contributed by atoms with Gasteiger partial charge in [0.1, 0.15) is 0 Å². The van der Waals surface area contributed by atoms with Gasteiger partial charge in [0.05, 0.1) is 25.4 Å². The lowest BCUT2D eigenvalue weighted by molar-refractivity contribution is 0.581. The first-order valence-corrected chi connectivity index (χ1v) is 12.4. The molecule has 0 spiro atoms. The minimum Gasteiger partial charge on any atom is -0.312 e. The van der Waals surface area contributed by atoms with Gasteiger partial charge < -0.3 is 11.5 Å². The van der Waals surface area contributed by atoms with Crippen LogP contribution in [0.1, 0.15) is 91.6 Å². The summed E-state index contributed by atoms with van der Waals surface area (Å²) in [5, 5.41) is 6.28. The third-order valence-electron chi connectivity index (χ3n) is 5.55. The van der Waals surface area contributed by atoms with E-state index in [-0.39, 0.29) is 31.7 Å². The number of rotatable bonds is 6. The van der Waals surface area contributed by atoms with Crippen LogP contribution < -0.4 is 22.1 Å². The molecule has 37 heavy (non-hydrogen) atoms. The van der Waals surface area contributed by atoms with Crippen molar-refractivity contribution >= 4 is 0 Å². The third kappa shape index (κ3) is 12.4. The number of hydrogen-bond donors (Lipinski definition) is 4. The topological polar surface area (TPSA) is 76.1 Å². The Balaban J connectivity index is -0.000000141. The van der Waals surface area contributed by atoms with Crippen LogP contribution in [0.2, 0.25) is 0 Å². The minimum atomic E-state index is -0.237. The van der Waals surface area contributed by atoms with Crippen LogP contribution in [0.25, 0.3) is 0 Å². The maximum Gasteiger partial charge on any atom is 0.0817 e. The van der Waals surface area contributed by atoms with Gasteiger partial charge in [-0.25, -0.2) is 0 Å². The van der Waals surface area contributed by atoms with Crippen molar-refractivity contribution in [3.8, 4) is 47.9 Å². The molecule has 0 fully saturated rings. The zero-order valence-electron chi connectivity index (χ0n) is 23.4. The van der Waals surface area contributed by atoms with Gasteiger partial charge in [0.25, 0.3) is 0 Å². The number of terminal acetylenes is 1. The second kappa shape index (κ2) is 15.6. The largest absolute Gasteiger partial charge is 0.312 e. The summed E-state index contributed by atoms with van der Waals surface area (Å²) in [6.45, 7) is 16.1. The van der Waals surface area contributed by atoms with E-state index in [1.807, 2.05) is 19.1 Å². The highest BCUT2D eigenvalue weighted by Crippen LogP contribution is 2.24. The predicted octanol–water partition coefficient (Wildman–Crippen LogP) is 6.20. The zero-order valence-corrected chi connectivity index (χ0v) is 23.4.